The molecule has 0 fully saturated rings. The number of fused-ring (bicyclic) bond motifs is 1. The zero-order chi connectivity index (χ0) is 17.1. The number of aromatic nitrogens is 1. The molecule has 0 bridgehead atoms. The first-order valence-electron chi connectivity index (χ1n) is 7.73. The number of ether oxygens (including phenoxy) is 2. The summed E-state index contributed by atoms with van der Waals surface area (Å²) < 4.78 is 10.6. The van der Waals surface area contributed by atoms with Gasteiger partial charge in [0.2, 0.25) is 0 Å². The molecule has 0 saturated carbocycles. The summed E-state index contributed by atoms with van der Waals surface area (Å²) in [5.41, 5.74) is 2.39. The summed E-state index contributed by atoms with van der Waals surface area (Å²) in [7, 11) is 3.17. The summed E-state index contributed by atoms with van der Waals surface area (Å²) in [6.45, 7) is 1.96. The van der Waals surface area contributed by atoms with Gasteiger partial charge in [-0.15, -0.1) is 0 Å². The number of rotatable bonds is 5. The molecule has 24 heavy (non-hydrogen) atoms. The molecular formula is C19H20N2O3. The van der Waals surface area contributed by atoms with Crippen molar-refractivity contribution < 1.29 is 14.3 Å². The quantitative estimate of drug-likeness (QED) is 0.752. The zero-order valence-corrected chi connectivity index (χ0v) is 13.9. The first-order chi connectivity index (χ1) is 11.6. The van der Waals surface area contributed by atoms with Crippen molar-refractivity contribution in [1.29, 1.82) is 0 Å². The van der Waals surface area contributed by atoms with Crippen molar-refractivity contribution in [1.82, 2.24) is 10.3 Å². The van der Waals surface area contributed by atoms with Gasteiger partial charge in [-0.25, -0.2) is 0 Å². The van der Waals surface area contributed by atoms with Crippen LogP contribution in [0.15, 0.2) is 48.5 Å². The molecule has 124 valence electrons. The van der Waals surface area contributed by atoms with E-state index in [0.29, 0.717) is 17.2 Å². The van der Waals surface area contributed by atoms with Crippen LogP contribution in [0, 0.1) is 0 Å². The molecule has 1 aromatic heterocycles. The van der Waals surface area contributed by atoms with Gasteiger partial charge in [-0.3, -0.25) is 4.79 Å². The number of methoxy groups -OCH3 is 2. The molecule has 0 spiro atoms. The van der Waals surface area contributed by atoms with Crippen LogP contribution in [0.4, 0.5) is 0 Å². The summed E-state index contributed by atoms with van der Waals surface area (Å²) in [6.07, 6.45) is 0. The summed E-state index contributed by atoms with van der Waals surface area (Å²) in [6, 6.07) is 15.3. The van der Waals surface area contributed by atoms with Gasteiger partial charge in [0, 0.05) is 17.0 Å². The van der Waals surface area contributed by atoms with Crippen LogP contribution in [0.1, 0.15) is 29.0 Å². The van der Waals surface area contributed by atoms with Gasteiger partial charge in [-0.2, -0.15) is 0 Å². The van der Waals surface area contributed by atoms with Gasteiger partial charge in [0.25, 0.3) is 5.91 Å². The first kappa shape index (κ1) is 15.9. The van der Waals surface area contributed by atoms with Gasteiger partial charge in [-0.05, 0) is 24.6 Å². The molecule has 0 aliphatic heterocycles. The van der Waals surface area contributed by atoms with Crippen LogP contribution < -0.4 is 14.8 Å². The van der Waals surface area contributed by atoms with Crippen molar-refractivity contribution in [2.75, 3.05) is 14.2 Å². The number of H-pyrrole nitrogens is 1. The summed E-state index contributed by atoms with van der Waals surface area (Å²) in [5, 5.41) is 3.89. The van der Waals surface area contributed by atoms with E-state index in [-0.39, 0.29) is 11.9 Å². The van der Waals surface area contributed by atoms with E-state index in [1.807, 2.05) is 55.5 Å². The molecule has 5 heteroatoms. The first-order valence-corrected chi connectivity index (χ1v) is 7.73. The fourth-order valence-corrected chi connectivity index (χ4v) is 2.68. The Balaban J connectivity index is 1.85. The van der Waals surface area contributed by atoms with Gasteiger partial charge in [0.05, 0.1) is 20.3 Å². The number of amides is 1. The average Bonchev–Trinajstić information content (AvgIpc) is 3.04. The van der Waals surface area contributed by atoms with Crippen LogP contribution >= 0.6 is 0 Å². The fraction of sp³-hybridized carbons (Fsp3) is 0.211. The summed E-state index contributed by atoms with van der Waals surface area (Å²) >= 11 is 0. The number of carbonyl (C=O) groups excluding carboxylic acids is 1. The van der Waals surface area contributed by atoms with E-state index in [9.17, 15) is 4.79 Å². The maximum absolute atomic E-state index is 12.5. The lowest BCUT2D eigenvalue weighted by atomic mass is 10.1. The molecule has 1 atom stereocenters. The smallest absolute Gasteiger partial charge is 0.268 e. The lowest BCUT2D eigenvalue weighted by Crippen LogP contribution is -2.26. The van der Waals surface area contributed by atoms with Crippen LogP contribution in [0.2, 0.25) is 0 Å². The third kappa shape index (κ3) is 3.06. The van der Waals surface area contributed by atoms with Crippen molar-refractivity contribution >= 4 is 16.8 Å². The Hall–Kier alpha value is -2.95. The minimum absolute atomic E-state index is 0.0748. The highest BCUT2D eigenvalue weighted by Gasteiger charge is 2.15. The largest absolute Gasteiger partial charge is 0.493 e. The third-order valence-corrected chi connectivity index (χ3v) is 4.02. The molecule has 3 aromatic rings. The van der Waals surface area contributed by atoms with Crippen molar-refractivity contribution in [2.45, 2.75) is 13.0 Å². The van der Waals surface area contributed by atoms with E-state index < -0.39 is 0 Å². The van der Waals surface area contributed by atoms with Gasteiger partial charge < -0.3 is 19.8 Å². The highest BCUT2D eigenvalue weighted by atomic mass is 16.5. The Kier molecular flexibility index (Phi) is 4.42. The maximum atomic E-state index is 12.5. The lowest BCUT2D eigenvalue weighted by Gasteiger charge is -2.13. The van der Waals surface area contributed by atoms with Crippen LogP contribution in [0.25, 0.3) is 10.9 Å². The number of nitrogens with one attached hydrogen (secondary N) is 2. The van der Waals surface area contributed by atoms with Crippen LogP contribution in [-0.2, 0) is 0 Å². The second-order valence-electron chi connectivity index (χ2n) is 5.58. The third-order valence-electron chi connectivity index (χ3n) is 4.02. The Morgan fingerprint density at radius 3 is 2.38 bits per heavy atom. The van der Waals surface area contributed by atoms with Crippen LogP contribution in [0.5, 0.6) is 11.5 Å². The topological polar surface area (TPSA) is 63.3 Å². The average molecular weight is 324 g/mol. The predicted molar refractivity (Wildman–Crippen MR) is 93.7 cm³/mol. The second kappa shape index (κ2) is 6.66. The highest BCUT2D eigenvalue weighted by Crippen LogP contribution is 2.32. The molecule has 0 saturated heterocycles. The SMILES string of the molecule is COc1cc2cc(C(=O)N[C@H](C)c3ccccc3)[nH]c2cc1OC. The van der Waals surface area contributed by atoms with Gasteiger partial charge in [0.15, 0.2) is 11.5 Å². The van der Waals surface area contributed by atoms with Crippen LogP contribution in [-0.4, -0.2) is 25.1 Å². The number of benzene rings is 2. The van der Waals surface area contributed by atoms with E-state index in [4.69, 9.17) is 9.47 Å². The number of hydrogen-bond acceptors (Lipinski definition) is 3. The minimum atomic E-state index is -0.152. The molecule has 5 nitrogen and oxygen atoms in total. The Morgan fingerprint density at radius 2 is 1.71 bits per heavy atom. The Labute approximate surface area is 140 Å². The fourth-order valence-electron chi connectivity index (χ4n) is 2.68. The van der Waals surface area contributed by atoms with E-state index in [1.54, 1.807) is 14.2 Å². The number of aromatic amines is 1. The predicted octanol–water partition coefficient (Wildman–Crippen LogP) is 3.68. The van der Waals surface area contributed by atoms with Gasteiger partial charge >= 0.3 is 0 Å². The normalized spacial score (nSPS) is 12.0. The van der Waals surface area contributed by atoms with E-state index in [1.165, 1.54) is 0 Å². The molecule has 3 rings (SSSR count). The molecule has 1 heterocycles. The molecule has 0 unspecified atom stereocenters. The Morgan fingerprint density at radius 1 is 1.04 bits per heavy atom. The van der Waals surface area contributed by atoms with Crippen molar-refractivity contribution in [3.63, 3.8) is 0 Å². The Bertz CT molecular complexity index is 815. The lowest BCUT2D eigenvalue weighted by molar-refractivity contribution is 0.0935. The summed E-state index contributed by atoms with van der Waals surface area (Å²) in [5.74, 6) is 1.10. The maximum Gasteiger partial charge on any atom is 0.268 e. The zero-order valence-electron chi connectivity index (χ0n) is 13.9. The highest BCUT2D eigenvalue weighted by molar-refractivity contribution is 5.98. The van der Waals surface area contributed by atoms with Crippen molar-refractivity contribution in [3.8, 4) is 11.5 Å². The van der Waals surface area contributed by atoms with E-state index >= 15 is 0 Å². The van der Waals surface area contributed by atoms with E-state index in [2.05, 4.69) is 10.3 Å². The number of hydrogen-bond donors (Lipinski definition) is 2. The summed E-state index contributed by atoms with van der Waals surface area (Å²) in [4.78, 5) is 15.6. The molecule has 0 aliphatic rings. The van der Waals surface area contributed by atoms with Gasteiger partial charge in [-0.1, -0.05) is 30.3 Å². The monoisotopic (exact) mass is 324 g/mol. The van der Waals surface area contributed by atoms with Crippen LogP contribution in [0.3, 0.4) is 0 Å². The molecule has 1 amide bonds. The molecule has 2 N–H and O–H groups in total. The molecule has 2 aromatic carbocycles. The van der Waals surface area contributed by atoms with E-state index in [0.717, 1.165) is 16.5 Å². The van der Waals surface area contributed by atoms with Crippen molar-refractivity contribution in [3.05, 3.63) is 59.8 Å². The molecule has 0 radical (unpaired) electrons. The number of carbonyl (C=O) groups is 1. The molecular weight excluding hydrogens is 304 g/mol. The second-order valence-corrected chi connectivity index (χ2v) is 5.58. The molecule has 0 aliphatic carbocycles. The van der Waals surface area contributed by atoms with Gasteiger partial charge in [0.1, 0.15) is 5.69 Å². The van der Waals surface area contributed by atoms with Crippen molar-refractivity contribution in [2.24, 2.45) is 0 Å². The minimum Gasteiger partial charge on any atom is -0.493 e. The standard InChI is InChI=1S/C19H20N2O3/c1-12(13-7-5-4-6-8-13)20-19(22)16-9-14-10-17(23-2)18(24-3)11-15(14)21-16/h4-12,21H,1-3H3,(H,20,22)/t12-/m1/s1.